The van der Waals surface area contributed by atoms with Gasteiger partial charge in [0, 0.05) is 33.4 Å². The fourth-order valence-corrected chi connectivity index (χ4v) is 1.41. The number of methoxy groups -OCH3 is 1. The normalized spacial score (nSPS) is 11.4. The average molecular weight is 250 g/mol. The van der Waals surface area contributed by atoms with Gasteiger partial charge < -0.3 is 20.7 Å². The topological polar surface area (TPSA) is 62.9 Å². The lowest BCUT2D eigenvalue weighted by Gasteiger charge is -2.12. The van der Waals surface area contributed by atoms with Crippen LogP contribution in [0.4, 0.5) is 5.69 Å². The van der Waals surface area contributed by atoms with Crippen LogP contribution in [0, 0.1) is 0 Å². The fourth-order valence-electron chi connectivity index (χ4n) is 1.41. The predicted molar refractivity (Wildman–Crippen MR) is 76.0 cm³/mol. The van der Waals surface area contributed by atoms with E-state index in [1.165, 1.54) is 5.69 Å². The van der Waals surface area contributed by atoms with Gasteiger partial charge in [-0.15, -0.1) is 0 Å². The van der Waals surface area contributed by atoms with Crippen LogP contribution in [0.15, 0.2) is 29.3 Å². The van der Waals surface area contributed by atoms with Gasteiger partial charge in [0.1, 0.15) is 0 Å². The van der Waals surface area contributed by atoms with E-state index in [4.69, 9.17) is 10.5 Å². The molecule has 0 spiro atoms. The molecule has 0 aliphatic carbocycles. The summed E-state index contributed by atoms with van der Waals surface area (Å²) < 4.78 is 4.91. The molecule has 0 radical (unpaired) electrons. The first-order valence-electron chi connectivity index (χ1n) is 5.92. The van der Waals surface area contributed by atoms with Crippen LogP contribution < -0.4 is 16.0 Å². The summed E-state index contributed by atoms with van der Waals surface area (Å²) in [6.07, 6.45) is 0. The van der Waals surface area contributed by atoms with Crippen LogP contribution in [0.1, 0.15) is 5.56 Å². The third-order valence-electron chi connectivity index (χ3n) is 2.50. The van der Waals surface area contributed by atoms with Crippen LogP contribution >= 0.6 is 0 Å². The highest BCUT2D eigenvalue weighted by molar-refractivity contribution is 5.77. The van der Waals surface area contributed by atoms with Gasteiger partial charge in [0.15, 0.2) is 5.96 Å². The van der Waals surface area contributed by atoms with Gasteiger partial charge in [0.25, 0.3) is 0 Å². The smallest absolute Gasteiger partial charge is 0.188 e. The Morgan fingerprint density at radius 3 is 2.56 bits per heavy atom. The van der Waals surface area contributed by atoms with E-state index in [1.54, 1.807) is 7.11 Å². The largest absolute Gasteiger partial charge is 0.383 e. The van der Waals surface area contributed by atoms with E-state index >= 15 is 0 Å². The summed E-state index contributed by atoms with van der Waals surface area (Å²) >= 11 is 0. The summed E-state index contributed by atoms with van der Waals surface area (Å²) in [5, 5.41) is 2.98. The second-order valence-electron chi connectivity index (χ2n) is 4.18. The minimum atomic E-state index is 0.448. The summed E-state index contributed by atoms with van der Waals surface area (Å²) in [6.45, 7) is 1.87. The molecule has 0 fully saturated rings. The number of nitrogens with one attached hydrogen (secondary N) is 1. The van der Waals surface area contributed by atoms with E-state index in [9.17, 15) is 0 Å². The van der Waals surface area contributed by atoms with Gasteiger partial charge in [-0.25, -0.2) is 4.99 Å². The average Bonchev–Trinajstić information content (AvgIpc) is 2.37. The van der Waals surface area contributed by atoms with Crippen molar-refractivity contribution in [1.29, 1.82) is 0 Å². The number of rotatable bonds is 6. The molecule has 5 nitrogen and oxygen atoms in total. The van der Waals surface area contributed by atoms with Gasteiger partial charge >= 0.3 is 0 Å². The molecule has 0 saturated heterocycles. The molecule has 0 atom stereocenters. The van der Waals surface area contributed by atoms with E-state index in [2.05, 4.69) is 39.5 Å². The highest BCUT2D eigenvalue weighted by Gasteiger charge is 1.96. The van der Waals surface area contributed by atoms with Crippen molar-refractivity contribution in [3.8, 4) is 0 Å². The lowest BCUT2D eigenvalue weighted by Crippen LogP contribution is -2.34. The molecule has 0 aromatic heterocycles. The molecule has 0 aliphatic rings. The van der Waals surface area contributed by atoms with Crippen molar-refractivity contribution >= 4 is 11.6 Å². The Morgan fingerprint density at radius 1 is 1.33 bits per heavy atom. The first-order valence-corrected chi connectivity index (χ1v) is 5.92. The zero-order chi connectivity index (χ0) is 13.4. The number of hydrogen-bond acceptors (Lipinski definition) is 3. The van der Waals surface area contributed by atoms with Crippen molar-refractivity contribution in [3.05, 3.63) is 29.8 Å². The first-order chi connectivity index (χ1) is 8.63. The number of aliphatic imine (C=N–C) groups is 1. The van der Waals surface area contributed by atoms with Crippen molar-refractivity contribution in [2.45, 2.75) is 6.54 Å². The number of guanidine groups is 1. The molecular formula is C13H22N4O. The summed E-state index contributed by atoms with van der Waals surface area (Å²) in [7, 11) is 5.69. The molecule has 0 heterocycles. The molecule has 0 unspecified atom stereocenters. The van der Waals surface area contributed by atoms with Crippen LogP contribution in [0.25, 0.3) is 0 Å². The predicted octanol–water partition coefficient (Wildman–Crippen LogP) is 0.803. The summed E-state index contributed by atoms with van der Waals surface area (Å²) in [4.78, 5) is 6.32. The number of benzene rings is 1. The van der Waals surface area contributed by atoms with Crippen LogP contribution in [-0.2, 0) is 11.3 Å². The standard InChI is InChI=1S/C13H22N4O/c1-17(2)12-6-4-11(5-7-12)10-16-13(14)15-8-9-18-3/h4-7H,8-10H2,1-3H3,(H3,14,15,16). The van der Waals surface area contributed by atoms with Crippen LogP contribution in [-0.4, -0.2) is 40.3 Å². The zero-order valence-electron chi connectivity index (χ0n) is 11.3. The van der Waals surface area contributed by atoms with E-state index in [-0.39, 0.29) is 0 Å². The molecule has 0 amide bonds. The van der Waals surface area contributed by atoms with Crippen molar-refractivity contribution in [2.24, 2.45) is 10.7 Å². The van der Waals surface area contributed by atoms with Gasteiger partial charge in [0.2, 0.25) is 0 Å². The fraction of sp³-hybridized carbons (Fsp3) is 0.462. The number of anilines is 1. The Kier molecular flexibility index (Phi) is 6.00. The molecule has 1 aromatic carbocycles. The van der Waals surface area contributed by atoms with E-state index in [0.717, 1.165) is 5.56 Å². The minimum absolute atomic E-state index is 0.448. The Hall–Kier alpha value is -1.75. The third-order valence-corrected chi connectivity index (χ3v) is 2.50. The number of hydrogen-bond donors (Lipinski definition) is 2. The van der Waals surface area contributed by atoms with Gasteiger partial charge in [-0.2, -0.15) is 0 Å². The molecule has 0 aliphatic heterocycles. The SMILES string of the molecule is COCCNC(N)=NCc1ccc(N(C)C)cc1. The molecule has 5 heteroatoms. The Bertz CT molecular complexity index is 373. The van der Waals surface area contributed by atoms with Crippen LogP contribution in [0.2, 0.25) is 0 Å². The maximum absolute atomic E-state index is 5.72. The molecular weight excluding hydrogens is 228 g/mol. The van der Waals surface area contributed by atoms with E-state index in [0.29, 0.717) is 25.7 Å². The maximum Gasteiger partial charge on any atom is 0.188 e. The molecule has 100 valence electrons. The lowest BCUT2D eigenvalue weighted by molar-refractivity contribution is 0.204. The molecule has 18 heavy (non-hydrogen) atoms. The summed E-state index contributed by atoms with van der Waals surface area (Å²) in [5.41, 5.74) is 8.03. The number of ether oxygens (including phenoxy) is 1. The van der Waals surface area contributed by atoms with Gasteiger partial charge in [-0.3, -0.25) is 0 Å². The van der Waals surface area contributed by atoms with Gasteiger partial charge in [0.05, 0.1) is 13.2 Å². The zero-order valence-corrected chi connectivity index (χ0v) is 11.3. The molecule has 0 saturated carbocycles. The highest BCUT2D eigenvalue weighted by atomic mass is 16.5. The molecule has 1 rings (SSSR count). The Balaban J connectivity index is 2.44. The van der Waals surface area contributed by atoms with Gasteiger partial charge in [-0.05, 0) is 17.7 Å². The van der Waals surface area contributed by atoms with Crippen LogP contribution in [0.3, 0.4) is 0 Å². The summed E-state index contributed by atoms with van der Waals surface area (Å²) in [5.74, 6) is 0.448. The third kappa shape index (κ3) is 5.05. The van der Waals surface area contributed by atoms with Crippen molar-refractivity contribution in [1.82, 2.24) is 5.32 Å². The van der Waals surface area contributed by atoms with Gasteiger partial charge in [-0.1, -0.05) is 12.1 Å². The number of nitrogens with zero attached hydrogens (tertiary/aromatic N) is 2. The molecule has 0 bridgehead atoms. The van der Waals surface area contributed by atoms with E-state index < -0.39 is 0 Å². The number of nitrogens with two attached hydrogens (primary N) is 1. The first kappa shape index (κ1) is 14.3. The van der Waals surface area contributed by atoms with Crippen molar-refractivity contribution in [2.75, 3.05) is 39.3 Å². The Morgan fingerprint density at radius 2 is 2.00 bits per heavy atom. The van der Waals surface area contributed by atoms with E-state index in [1.807, 2.05) is 14.1 Å². The highest BCUT2D eigenvalue weighted by Crippen LogP contribution is 2.12. The molecule has 3 N–H and O–H groups in total. The summed E-state index contributed by atoms with van der Waals surface area (Å²) in [6, 6.07) is 8.25. The second kappa shape index (κ2) is 7.55. The van der Waals surface area contributed by atoms with Crippen LogP contribution in [0.5, 0.6) is 0 Å². The maximum atomic E-state index is 5.72. The molecule has 1 aromatic rings. The Labute approximate surface area is 109 Å². The monoisotopic (exact) mass is 250 g/mol. The van der Waals surface area contributed by atoms with Crippen molar-refractivity contribution < 1.29 is 4.74 Å². The second-order valence-corrected chi connectivity index (χ2v) is 4.18. The minimum Gasteiger partial charge on any atom is -0.383 e. The quantitative estimate of drug-likeness (QED) is 0.445. The van der Waals surface area contributed by atoms with Crippen molar-refractivity contribution in [3.63, 3.8) is 0 Å². The lowest BCUT2D eigenvalue weighted by atomic mass is 10.2.